The van der Waals surface area contributed by atoms with E-state index in [0.29, 0.717) is 18.7 Å². The lowest BCUT2D eigenvalue weighted by Gasteiger charge is -2.26. The maximum Gasteiger partial charge on any atom is 0.338 e. The minimum absolute atomic E-state index is 0.00209. The summed E-state index contributed by atoms with van der Waals surface area (Å²) >= 11 is 0. The molecule has 2 aromatic carbocycles. The summed E-state index contributed by atoms with van der Waals surface area (Å²) in [6.07, 6.45) is 0.414. The average Bonchev–Trinajstić information content (AvgIpc) is 3.25. The Morgan fingerprint density at radius 3 is 2.47 bits per heavy atom. The highest BCUT2D eigenvalue weighted by molar-refractivity contribution is 7.93. The smallest absolute Gasteiger partial charge is 0.338 e. The molecule has 2 aliphatic heterocycles. The van der Waals surface area contributed by atoms with Crippen molar-refractivity contribution in [3.8, 4) is 0 Å². The largest absolute Gasteiger partial charge is 0.449 e. The van der Waals surface area contributed by atoms with E-state index >= 15 is 0 Å². The Morgan fingerprint density at radius 1 is 1.10 bits per heavy atom. The number of amides is 1. The van der Waals surface area contributed by atoms with E-state index in [9.17, 15) is 18.0 Å². The fourth-order valence-corrected chi connectivity index (χ4v) is 5.63. The molecule has 7 nitrogen and oxygen atoms in total. The van der Waals surface area contributed by atoms with Gasteiger partial charge in [-0.15, -0.1) is 0 Å². The zero-order chi connectivity index (χ0) is 21.5. The normalized spacial score (nSPS) is 20.7. The van der Waals surface area contributed by atoms with Crippen LogP contribution in [0.2, 0.25) is 0 Å². The molecule has 0 N–H and O–H groups in total. The van der Waals surface area contributed by atoms with Crippen molar-refractivity contribution >= 4 is 33.3 Å². The predicted molar refractivity (Wildman–Crippen MR) is 114 cm³/mol. The molecule has 0 aromatic heterocycles. The molecule has 8 heteroatoms. The summed E-state index contributed by atoms with van der Waals surface area (Å²) in [4.78, 5) is 27.2. The van der Waals surface area contributed by atoms with E-state index in [1.54, 1.807) is 24.0 Å². The van der Waals surface area contributed by atoms with Crippen molar-refractivity contribution in [2.24, 2.45) is 0 Å². The molecule has 0 aliphatic carbocycles. The van der Waals surface area contributed by atoms with E-state index in [1.165, 1.54) is 16.4 Å². The van der Waals surface area contributed by atoms with Crippen molar-refractivity contribution in [2.75, 3.05) is 21.5 Å². The summed E-state index contributed by atoms with van der Waals surface area (Å²) in [5.74, 6) is -0.749. The molecule has 2 atom stereocenters. The molecule has 0 spiro atoms. The van der Waals surface area contributed by atoms with Crippen molar-refractivity contribution in [3.63, 3.8) is 0 Å². The second-order valence-corrected chi connectivity index (χ2v) is 9.74. The molecule has 1 saturated heterocycles. The lowest BCUT2D eigenvalue weighted by molar-refractivity contribution is -0.126. The number of hydrogen-bond acceptors (Lipinski definition) is 5. The number of fused-ring (bicyclic) bond motifs is 1. The zero-order valence-corrected chi connectivity index (χ0v) is 17.8. The van der Waals surface area contributed by atoms with Gasteiger partial charge in [-0.1, -0.05) is 18.2 Å². The van der Waals surface area contributed by atoms with Crippen molar-refractivity contribution in [3.05, 3.63) is 59.7 Å². The van der Waals surface area contributed by atoms with Crippen LogP contribution >= 0.6 is 0 Å². The minimum Gasteiger partial charge on any atom is -0.449 e. The van der Waals surface area contributed by atoms with Gasteiger partial charge in [-0.2, -0.15) is 0 Å². The Kier molecular flexibility index (Phi) is 5.27. The van der Waals surface area contributed by atoms with Crippen molar-refractivity contribution in [1.29, 1.82) is 0 Å². The predicted octanol–water partition coefficient (Wildman–Crippen LogP) is 2.75. The molecular formula is C22H24N2O5S. The Morgan fingerprint density at radius 2 is 1.80 bits per heavy atom. The molecule has 1 fully saturated rings. The Labute approximate surface area is 176 Å². The number of para-hydroxylation sites is 1. The van der Waals surface area contributed by atoms with E-state index in [2.05, 4.69) is 0 Å². The summed E-state index contributed by atoms with van der Waals surface area (Å²) in [6.45, 7) is 3.98. The van der Waals surface area contributed by atoms with E-state index in [-0.39, 0.29) is 23.3 Å². The van der Waals surface area contributed by atoms with Crippen LogP contribution in [0.25, 0.3) is 0 Å². The first-order valence-electron chi connectivity index (χ1n) is 10.0. The summed E-state index contributed by atoms with van der Waals surface area (Å²) in [5, 5.41) is 0. The average molecular weight is 429 g/mol. The third-order valence-electron chi connectivity index (χ3n) is 5.57. The van der Waals surface area contributed by atoms with Gasteiger partial charge in [0.05, 0.1) is 17.0 Å². The highest BCUT2D eigenvalue weighted by atomic mass is 32.2. The molecule has 2 heterocycles. The second-order valence-electron chi connectivity index (χ2n) is 7.73. The molecular weight excluding hydrogens is 404 g/mol. The third kappa shape index (κ3) is 3.67. The molecule has 0 radical (unpaired) electrons. The highest BCUT2D eigenvalue weighted by Crippen LogP contribution is 2.32. The van der Waals surface area contributed by atoms with Gasteiger partial charge in [0.25, 0.3) is 5.91 Å². The SMILES string of the molecule is C[C@@H](OC(=O)c1ccc(N2CCCS2(=O)=O)cc1)C(=O)N1c2ccccc2C[C@@H]1C. The van der Waals surface area contributed by atoms with E-state index in [0.717, 1.165) is 17.7 Å². The van der Waals surface area contributed by atoms with Crippen molar-refractivity contribution < 1.29 is 22.7 Å². The van der Waals surface area contributed by atoms with Crippen LogP contribution in [0.3, 0.4) is 0 Å². The number of carbonyl (C=O) groups is 2. The van der Waals surface area contributed by atoms with Crippen LogP contribution < -0.4 is 9.21 Å². The molecule has 2 aromatic rings. The van der Waals surface area contributed by atoms with Crippen molar-refractivity contribution in [2.45, 2.75) is 38.8 Å². The summed E-state index contributed by atoms with van der Waals surface area (Å²) < 4.78 is 30.8. The van der Waals surface area contributed by atoms with Crippen LogP contribution in [0, 0.1) is 0 Å². The van der Waals surface area contributed by atoms with Crippen LogP contribution in [0.15, 0.2) is 48.5 Å². The molecule has 4 rings (SSSR count). The van der Waals surface area contributed by atoms with Crippen LogP contribution in [0.5, 0.6) is 0 Å². The number of esters is 1. The van der Waals surface area contributed by atoms with Gasteiger partial charge in [0, 0.05) is 18.3 Å². The molecule has 1 amide bonds. The first-order chi connectivity index (χ1) is 14.3. The van der Waals surface area contributed by atoms with Gasteiger partial charge in [-0.25, -0.2) is 13.2 Å². The number of ether oxygens (including phenoxy) is 1. The Hall–Kier alpha value is -2.87. The molecule has 0 saturated carbocycles. The van der Waals surface area contributed by atoms with Crippen LogP contribution in [-0.4, -0.2) is 44.7 Å². The second kappa shape index (κ2) is 7.75. The van der Waals surface area contributed by atoms with Gasteiger partial charge in [-0.05, 0) is 62.6 Å². The Bertz CT molecular complexity index is 1080. The monoisotopic (exact) mass is 428 g/mol. The summed E-state index contributed by atoms with van der Waals surface area (Å²) in [6, 6.07) is 13.9. The number of rotatable bonds is 4. The van der Waals surface area contributed by atoms with Crippen LogP contribution in [0.1, 0.15) is 36.2 Å². The van der Waals surface area contributed by atoms with E-state index in [1.807, 2.05) is 31.2 Å². The molecule has 30 heavy (non-hydrogen) atoms. The summed E-state index contributed by atoms with van der Waals surface area (Å²) in [5.41, 5.74) is 2.75. The van der Waals surface area contributed by atoms with Gasteiger partial charge in [0.2, 0.25) is 10.0 Å². The summed E-state index contributed by atoms with van der Waals surface area (Å²) in [7, 11) is -3.28. The first-order valence-corrected chi connectivity index (χ1v) is 11.6. The molecule has 2 aliphatic rings. The van der Waals surface area contributed by atoms with Gasteiger partial charge >= 0.3 is 5.97 Å². The fraction of sp³-hybridized carbons (Fsp3) is 0.364. The van der Waals surface area contributed by atoms with Gasteiger partial charge in [-0.3, -0.25) is 9.10 Å². The first kappa shape index (κ1) is 20.4. The van der Waals surface area contributed by atoms with Gasteiger partial charge in [0.1, 0.15) is 0 Å². The molecule has 158 valence electrons. The lowest BCUT2D eigenvalue weighted by atomic mass is 10.1. The highest BCUT2D eigenvalue weighted by Gasteiger charge is 2.34. The topological polar surface area (TPSA) is 84.0 Å². The maximum absolute atomic E-state index is 13.0. The number of benzene rings is 2. The quantitative estimate of drug-likeness (QED) is 0.699. The standard InChI is InChI=1S/C22H24N2O5S/c1-15-14-18-6-3-4-7-20(18)24(15)21(25)16(2)29-22(26)17-8-10-19(11-9-17)23-12-5-13-30(23,27)28/h3-4,6-11,15-16H,5,12-14H2,1-2H3/t15-,16+/m0/s1. The maximum atomic E-state index is 13.0. The molecule has 0 bridgehead atoms. The Balaban J connectivity index is 1.44. The zero-order valence-electron chi connectivity index (χ0n) is 16.9. The fourth-order valence-electron chi connectivity index (χ4n) is 4.07. The van der Waals surface area contributed by atoms with Crippen LogP contribution in [-0.2, 0) is 26.0 Å². The van der Waals surface area contributed by atoms with Gasteiger partial charge < -0.3 is 9.64 Å². The van der Waals surface area contributed by atoms with Crippen LogP contribution in [0.4, 0.5) is 11.4 Å². The van der Waals surface area contributed by atoms with Crippen molar-refractivity contribution in [1.82, 2.24) is 0 Å². The lowest BCUT2D eigenvalue weighted by Crippen LogP contribution is -2.43. The number of nitrogens with zero attached hydrogens (tertiary/aromatic N) is 2. The number of anilines is 2. The number of sulfonamides is 1. The van der Waals surface area contributed by atoms with E-state index in [4.69, 9.17) is 4.74 Å². The third-order valence-corrected chi connectivity index (χ3v) is 7.44. The number of hydrogen-bond donors (Lipinski definition) is 0. The van der Waals surface area contributed by atoms with Gasteiger partial charge in [0.15, 0.2) is 6.10 Å². The van der Waals surface area contributed by atoms with E-state index < -0.39 is 22.1 Å². The number of carbonyl (C=O) groups excluding carboxylic acids is 2. The molecule has 0 unspecified atom stereocenters. The minimum atomic E-state index is -3.28.